The van der Waals surface area contributed by atoms with Crippen molar-refractivity contribution in [2.75, 3.05) is 69.8 Å². The lowest BCUT2D eigenvalue weighted by molar-refractivity contribution is 0.0588. The third kappa shape index (κ3) is 4.66. The van der Waals surface area contributed by atoms with Gasteiger partial charge in [0.2, 0.25) is 10.0 Å². The largest absolute Gasteiger partial charge is 0.371 e. The van der Waals surface area contributed by atoms with E-state index in [-0.39, 0.29) is 28.4 Å². The van der Waals surface area contributed by atoms with Crippen LogP contribution >= 0.6 is 0 Å². The first kappa shape index (κ1) is 23.5. The fraction of sp³-hybridized carbons (Fsp3) is 0.667. The summed E-state index contributed by atoms with van der Waals surface area (Å²) in [5.41, 5.74) is 1.21. The van der Waals surface area contributed by atoms with Crippen LogP contribution in [0.25, 0.3) is 0 Å². The standard InChI is InChI=1S/C21H32N4O5S2/c1-22(2)32(29,30)18-5-6-20(24-8-3-4-9-24)19(15-18)21(26)25-12-10-23(11-13-25)17-7-14-31(27,28)16-17/h5-6,15,17H,3-4,7-14,16H2,1-2H3/t17-/m0/s1. The second-order valence-electron chi connectivity index (χ2n) is 9.05. The minimum Gasteiger partial charge on any atom is -0.371 e. The van der Waals surface area contributed by atoms with Crippen molar-refractivity contribution in [1.29, 1.82) is 0 Å². The molecule has 3 saturated heterocycles. The Kier molecular flexibility index (Phi) is 6.54. The number of sulfone groups is 1. The van der Waals surface area contributed by atoms with Crippen molar-refractivity contribution in [1.82, 2.24) is 14.1 Å². The zero-order chi connectivity index (χ0) is 23.1. The number of sulfonamides is 1. The summed E-state index contributed by atoms with van der Waals surface area (Å²) in [5.74, 6) is 0.273. The highest BCUT2D eigenvalue weighted by Crippen LogP contribution is 2.30. The molecule has 3 aliphatic rings. The van der Waals surface area contributed by atoms with Crippen LogP contribution in [-0.4, -0.2) is 108 Å². The van der Waals surface area contributed by atoms with Gasteiger partial charge in [-0.3, -0.25) is 9.69 Å². The maximum atomic E-state index is 13.5. The van der Waals surface area contributed by atoms with Gasteiger partial charge in [-0.1, -0.05) is 0 Å². The summed E-state index contributed by atoms with van der Waals surface area (Å²) in [6.45, 7) is 3.95. The first-order valence-electron chi connectivity index (χ1n) is 11.1. The summed E-state index contributed by atoms with van der Waals surface area (Å²) in [5, 5.41) is 0. The van der Waals surface area contributed by atoms with E-state index in [1.54, 1.807) is 17.0 Å². The number of amides is 1. The molecule has 0 radical (unpaired) electrons. The van der Waals surface area contributed by atoms with Gasteiger partial charge in [0.15, 0.2) is 9.84 Å². The Hall–Kier alpha value is -1.69. The van der Waals surface area contributed by atoms with Gasteiger partial charge in [-0.05, 0) is 37.5 Å². The quantitative estimate of drug-likeness (QED) is 0.600. The monoisotopic (exact) mass is 484 g/mol. The fourth-order valence-electron chi connectivity index (χ4n) is 4.82. The summed E-state index contributed by atoms with van der Waals surface area (Å²) in [4.78, 5) is 19.7. The number of carbonyl (C=O) groups is 1. The molecule has 0 aliphatic carbocycles. The zero-order valence-corrected chi connectivity index (χ0v) is 20.4. The van der Waals surface area contributed by atoms with Crippen LogP contribution in [-0.2, 0) is 19.9 Å². The van der Waals surface area contributed by atoms with Crippen molar-refractivity contribution < 1.29 is 21.6 Å². The third-order valence-corrected chi connectivity index (χ3v) is 10.3. The SMILES string of the molecule is CN(C)S(=O)(=O)c1ccc(N2CCCC2)c(C(=O)N2CCN([C@H]3CCS(=O)(=O)C3)CC2)c1. The number of nitrogens with zero attached hydrogens (tertiary/aromatic N) is 4. The van der Waals surface area contributed by atoms with Crippen LogP contribution in [0.3, 0.4) is 0 Å². The lowest BCUT2D eigenvalue weighted by atomic mass is 10.1. The van der Waals surface area contributed by atoms with Gasteiger partial charge >= 0.3 is 0 Å². The second kappa shape index (κ2) is 8.92. The number of hydrogen-bond donors (Lipinski definition) is 0. The minimum absolute atomic E-state index is 0.0333. The lowest BCUT2D eigenvalue weighted by Gasteiger charge is -2.38. The molecule has 9 nitrogen and oxygen atoms in total. The number of benzene rings is 1. The Morgan fingerprint density at radius 3 is 2.25 bits per heavy atom. The first-order chi connectivity index (χ1) is 15.1. The highest BCUT2D eigenvalue weighted by atomic mass is 32.2. The van der Waals surface area contributed by atoms with E-state index >= 15 is 0 Å². The number of anilines is 1. The van der Waals surface area contributed by atoms with Gasteiger partial charge in [0.1, 0.15) is 0 Å². The van der Waals surface area contributed by atoms with E-state index in [2.05, 4.69) is 9.80 Å². The van der Waals surface area contributed by atoms with Gasteiger partial charge in [0, 0.05) is 65.1 Å². The molecule has 178 valence electrons. The maximum Gasteiger partial charge on any atom is 0.256 e. The Balaban J connectivity index is 1.55. The fourth-order valence-corrected chi connectivity index (χ4v) is 7.51. The molecule has 1 atom stereocenters. The minimum atomic E-state index is -3.66. The van der Waals surface area contributed by atoms with E-state index in [4.69, 9.17) is 0 Å². The molecule has 0 unspecified atom stereocenters. The van der Waals surface area contributed by atoms with Crippen molar-refractivity contribution in [3.05, 3.63) is 23.8 Å². The van der Waals surface area contributed by atoms with E-state index in [0.29, 0.717) is 38.2 Å². The highest BCUT2D eigenvalue weighted by molar-refractivity contribution is 7.91. The number of rotatable bonds is 5. The molecule has 0 aromatic heterocycles. The molecule has 0 N–H and O–H groups in total. The molecule has 4 rings (SSSR count). The average molecular weight is 485 g/mol. The van der Waals surface area contributed by atoms with Crippen molar-refractivity contribution in [3.8, 4) is 0 Å². The van der Waals surface area contributed by atoms with Crippen LogP contribution in [0.1, 0.15) is 29.6 Å². The summed E-state index contributed by atoms with van der Waals surface area (Å²) < 4.78 is 50.2. The molecule has 0 spiro atoms. The molecular weight excluding hydrogens is 452 g/mol. The molecule has 1 aromatic carbocycles. The smallest absolute Gasteiger partial charge is 0.256 e. The average Bonchev–Trinajstić information content (AvgIpc) is 3.42. The van der Waals surface area contributed by atoms with Crippen LogP contribution in [0, 0.1) is 0 Å². The molecular formula is C21H32N4O5S2. The topological polar surface area (TPSA) is 98.3 Å². The van der Waals surface area contributed by atoms with E-state index in [1.807, 2.05) is 0 Å². The zero-order valence-electron chi connectivity index (χ0n) is 18.7. The third-order valence-electron chi connectivity index (χ3n) is 6.75. The number of carbonyl (C=O) groups excluding carboxylic acids is 1. The van der Waals surface area contributed by atoms with Gasteiger partial charge in [-0.25, -0.2) is 21.1 Å². The molecule has 3 heterocycles. The van der Waals surface area contributed by atoms with Gasteiger partial charge < -0.3 is 9.80 Å². The van der Waals surface area contributed by atoms with E-state index in [9.17, 15) is 21.6 Å². The Morgan fingerprint density at radius 1 is 1.03 bits per heavy atom. The lowest BCUT2D eigenvalue weighted by Crippen LogP contribution is -2.52. The highest BCUT2D eigenvalue weighted by Gasteiger charge is 2.35. The van der Waals surface area contributed by atoms with Gasteiger partial charge in [-0.2, -0.15) is 0 Å². The number of piperazine rings is 1. The van der Waals surface area contributed by atoms with Gasteiger partial charge in [0.05, 0.1) is 22.0 Å². The summed E-state index contributed by atoms with van der Waals surface area (Å²) in [6, 6.07) is 4.89. The van der Waals surface area contributed by atoms with Crippen LogP contribution in [0.4, 0.5) is 5.69 Å². The molecule has 0 bridgehead atoms. The van der Waals surface area contributed by atoms with E-state index in [0.717, 1.165) is 35.9 Å². The first-order valence-corrected chi connectivity index (χ1v) is 14.4. The summed E-state index contributed by atoms with van der Waals surface area (Å²) >= 11 is 0. The van der Waals surface area contributed by atoms with Crippen LogP contribution in [0.5, 0.6) is 0 Å². The molecule has 32 heavy (non-hydrogen) atoms. The van der Waals surface area contributed by atoms with Gasteiger partial charge in [0.25, 0.3) is 5.91 Å². The predicted molar refractivity (Wildman–Crippen MR) is 123 cm³/mol. The molecule has 3 aliphatic heterocycles. The van der Waals surface area contributed by atoms with Crippen molar-refractivity contribution in [3.63, 3.8) is 0 Å². The van der Waals surface area contributed by atoms with Crippen LogP contribution < -0.4 is 4.90 Å². The Labute approximate surface area is 190 Å². The Morgan fingerprint density at radius 2 is 1.69 bits per heavy atom. The predicted octanol–water partition coefficient (Wildman–Crippen LogP) is 0.482. The molecule has 0 saturated carbocycles. The summed E-state index contributed by atoms with van der Waals surface area (Å²) in [6.07, 6.45) is 2.75. The van der Waals surface area contributed by atoms with E-state index < -0.39 is 19.9 Å². The van der Waals surface area contributed by atoms with Crippen LogP contribution in [0.15, 0.2) is 23.1 Å². The normalized spacial score (nSPS) is 24.4. The maximum absolute atomic E-state index is 13.5. The van der Waals surface area contributed by atoms with Gasteiger partial charge in [-0.15, -0.1) is 0 Å². The second-order valence-corrected chi connectivity index (χ2v) is 13.4. The van der Waals surface area contributed by atoms with Crippen LogP contribution in [0.2, 0.25) is 0 Å². The summed E-state index contributed by atoms with van der Waals surface area (Å²) in [7, 11) is -3.64. The van der Waals surface area contributed by atoms with Crippen molar-refractivity contribution in [2.45, 2.75) is 30.2 Å². The van der Waals surface area contributed by atoms with Crippen molar-refractivity contribution in [2.24, 2.45) is 0 Å². The number of hydrogen-bond acceptors (Lipinski definition) is 7. The molecule has 3 fully saturated rings. The Bertz CT molecular complexity index is 1070. The molecule has 1 amide bonds. The molecule has 1 aromatic rings. The molecule has 11 heteroatoms. The van der Waals surface area contributed by atoms with E-state index in [1.165, 1.54) is 20.2 Å². The van der Waals surface area contributed by atoms with Crippen molar-refractivity contribution >= 4 is 31.5 Å².